The van der Waals surface area contributed by atoms with Gasteiger partial charge in [0.15, 0.2) is 0 Å². The molecule has 1 heterocycles. The average molecular weight is 282 g/mol. The Labute approximate surface area is 123 Å². The van der Waals surface area contributed by atoms with Crippen molar-refractivity contribution in [3.63, 3.8) is 0 Å². The molecule has 0 bridgehead atoms. The second kappa shape index (κ2) is 7.41. The summed E-state index contributed by atoms with van der Waals surface area (Å²) in [7, 11) is 1.74. The van der Waals surface area contributed by atoms with Crippen molar-refractivity contribution < 1.29 is 9.53 Å². The Morgan fingerprint density at radius 2 is 1.95 bits per heavy atom. The number of nitrogens with zero attached hydrogens (tertiary/aromatic N) is 1. The van der Waals surface area contributed by atoms with Gasteiger partial charge in [0.2, 0.25) is 5.91 Å². The lowest BCUT2D eigenvalue weighted by atomic mass is 9.78. The smallest absolute Gasteiger partial charge is 0.230 e. The number of hydrogen-bond acceptors (Lipinski definition) is 3. The fourth-order valence-corrected chi connectivity index (χ4v) is 3.87. The quantitative estimate of drug-likeness (QED) is 0.804. The van der Waals surface area contributed by atoms with Crippen LogP contribution < -0.4 is 5.73 Å². The summed E-state index contributed by atoms with van der Waals surface area (Å²) in [5.74, 6) is 0.820. The minimum Gasteiger partial charge on any atom is -0.384 e. The van der Waals surface area contributed by atoms with Crippen molar-refractivity contribution in [3.8, 4) is 0 Å². The van der Waals surface area contributed by atoms with E-state index in [9.17, 15) is 4.79 Å². The Morgan fingerprint density at radius 3 is 2.55 bits per heavy atom. The molecule has 0 aromatic rings. The second-order valence-corrected chi connectivity index (χ2v) is 6.61. The maximum absolute atomic E-state index is 13.0. The van der Waals surface area contributed by atoms with Crippen molar-refractivity contribution in [2.24, 2.45) is 17.1 Å². The molecule has 0 radical (unpaired) electrons. The molecule has 1 saturated heterocycles. The van der Waals surface area contributed by atoms with Gasteiger partial charge in [-0.2, -0.15) is 0 Å². The maximum Gasteiger partial charge on any atom is 0.230 e. The van der Waals surface area contributed by atoms with Crippen molar-refractivity contribution in [1.29, 1.82) is 0 Å². The summed E-state index contributed by atoms with van der Waals surface area (Å²) in [6, 6.07) is 0. The molecule has 1 unspecified atom stereocenters. The van der Waals surface area contributed by atoms with Crippen LogP contribution in [0.25, 0.3) is 0 Å². The second-order valence-electron chi connectivity index (χ2n) is 6.61. The molecule has 2 fully saturated rings. The summed E-state index contributed by atoms with van der Waals surface area (Å²) in [6.07, 6.45) is 9.04. The van der Waals surface area contributed by atoms with E-state index in [1.54, 1.807) is 7.11 Å². The largest absolute Gasteiger partial charge is 0.384 e. The minimum absolute atomic E-state index is 0.272. The molecule has 1 aliphatic heterocycles. The Morgan fingerprint density at radius 1 is 1.25 bits per heavy atom. The minimum atomic E-state index is -0.272. The van der Waals surface area contributed by atoms with Crippen LogP contribution in [0.3, 0.4) is 0 Å². The highest BCUT2D eigenvalue weighted by molar-refractivity contribution is 5.83. The third-order valence-corrected chi connectivity index (χ3v) is 5.11. The highest BCUT2D eigenvalue weighted by Crippen LogP contribution is 2.37. The van der Waals surface area contributed by atoms with Crippen LogP contribution in [-0.2, 0) is 9.53 Å². The average Bonchev–Trinajstić information content (AvgIpc) is 2.73. The molecule has 1 aliphatic carbocycles. The van der Waals surface area contributed by atoms with Crippen LogP contribution in [0, 0.1) is 11.3 Å². The van der Waals surface area contributed by atoms with Gasteiger partial charge in [-0.1, -0.05) is 25.7 Å². The van der Waals surface area contributed by atoms with E-state index in [0.717, 1.165) is 51.8 Å². The van der Waals surface area contributed by atoms with Crippen LogP contribution in [0.15, 0.2) is 0 Å². The number of ether oxygens (including phenoxy) is 1. The lowest BCUT2D eigenvalue weighted by molar-refractivity contribution is -0.144. The number of hydrogen-bond donors (Lipinski definition) is 1. The first-order valence-corrected chi connectivity index (χ1v) is 8.20. The Kier molecular flexibility index (Phi) is 5.85. The number of methoxy groups -OCH3 is 1. The van der Waals surface area contributed by atoms with Gasteiger partial charge in [-0.3, -0.25) is 4.79 Å². The van der Waals surface area contributed by atoms with Gasteiger partial charge in [-0.05, 0) is 31.6 Å². The first-order chi connectivity index (χ1) is 9.72. The summed E-state index contributed by atoms with van der Waals surface area (Å²) >= 11 is 0. The van der Waals surface area contributed by atoms with Gasteiger partial charge >= 0.3 is 0 Å². The molecule has 1 atom stereocenters. The van der Waals surface area contributed by atoms with Gasteiger partial charge in [0.05, 0.1) is 12.0 Å². The molecule has 2 N–H and O–H groups in total. The van der Waals surface area contributed by atoms with E-state index in [-0.39, 0.29) is 5.41 Å². The molecule has 1 amide bonds. The van der Waals surface area contributed by atoms with E-state index in [1.165, 1.54) is 19.3 Å². The third-order valence-electron chi connectivity index (χ3n) is 5.11. The fraction of sp³-hybridized carbons (Fsp3) is 0.938. The van der Waals surface area contributed by atoms with Gasteiger partial charge in [-0.25, -0.2) is 0 Å². The third kappa shape index (κ3) is 3.53. The van der Waals surface area contributed by atoms with Crippen LogP contribution in [0.5, 0.6) is 0 Å². The number of amides is 1. The normalized spacial score (nSPS) is 27.1. The molecule has 4 nitrogen and oxygen atoms in total. The fourth-order valence-electron chi connectivity index (χ4n) is 3.87. The predicted molar refractivity (Wildman–Crippen MR) is 80.4 cm³/mol. The molecule has 4 heteroatoms. The predicted octanol–water partition coefficient (Wildman–Crippen LogP) is 2.17. The summed E-state index contributed by atoms with van der Waals surface area (Å²) in [5.41, 5.74) is 5.76. The summed E-state index contributed by atoms with van der Waals surface area (Å²) < 4.78 is 5.26. The number of rotatable bonds is 4. The highest BCUT2D eigenvalue weighted by Gasteiger charge is 2.41. The lowest BCUT2D eigenvalue weighted by Crippen LogP contribution is -2.51. The summed E-state index contributed by atoms with van der Waals surface area (Å²) in [4.78, 5) is 15.1. The van der Waals surface area contributed by atoms with E-state index in [0.29, 0.717) is 18.4 Å². The summed E-state index contributed by atoms with van der Waals surface area (Å²) in [5, 5.41) is 0. The zero-order valence-electron chi connectivity index (χ0n) is 12.9. The van der Waals surface area contributed by atoms with E-state index in [4.69, 9.17) is 10.5 Å². The summed E-state index contributed by atoms with van der Waals surface area (Å²) in [6.45, 7) is 3.03. The van der Waals surface area contributed by atoms with E-state index in [1.807, 2.05) is 0 Å². The van der Waals surface area contributed by atoms with Crippen LogP contribution in [-0.4, -0.2) is 44.2 Å². The van der Waals surface area contributed by atoms with Gasteiger partial charge in [0.25, 0.3) is 0 Å². The van der Waals surface area contributed by atoms with Gasteiger partial charge in [-0.15, -0.1) is 0 Å². The maximum atomic E-state index is 13.0. The first-order valence-electron chi connectivity index (χ1n) is 8.20. The van der Waals surface area contributed by atoms with Gasteiger partial charge in [0.1, 0.15) is 0 Å². The number of carbonyl (C=O) groups excluding carboxylic acids is 1. The molecular weight excluding hydrogens is 252 g/mol. The van der Waals surface area contributed by atoms with E-state index < -0.39 is 0 Å². The molecule has 0 aromatic heterocycles. The molecule has 0 spiro atoms. The Balaban J connectivity index is 2.03. The molecule has 2 aliphatic rings. The van der Waals surface area contributed by atoms with Crippen LogP contribution in [0.1, 0.15) is 51.4 Å². The molecule has 0 aromatic carbocycles. The lowest BCUT2D eigenvalue weighted by Gasteiger charge is -2.40. The molecule has 20 heavy (non-hydrogen) atoms. The van der Waals surface area contributed by atoms with Gasteiger partial charge < -0.3 is 15.4 Å². The number of likely N-dealkylation sites (tertiary alicyclic amines) is 1. The standard InChI is InChI=1S/C16H30N2O2/c1-20-12-14-7-6-10-18(11-14)15(19)16(13-17)8-4-2-3-5-9-16/h14H,2-13,17H2,1H3. The van der Waals surface area contributed by atoms with Crippen molar-refractivity contribution >= 4 is 5.91 Å². The highest BCUT2D eigenvalue weighted by atomic mass is 16.5. The SMILES string of the molecule is COCC1CCCN(C(=O)C2(CN)CCCCCC2)C1. The van der Waals surface area contributed by atoms with Crippen molar-refractivity contribution in [3.05, 3.63) is 0 Å². The Hall–Kier alpha value is -0.610. The Bertz CT molecular complexity index is 310. The molecule has 116 valence electrons. The van der Waals surface area contributed by atoms with Crippen LogP contribution >= 0.6 is 0 Å². The van der Waals surface area contributed by atoms with E-state index >= 15 is 0 Å². The molecular formula is C16H30N2O2. The zero-order chi connectivity index (χ0) is 14.4. The molecule has 2 rings (SSSR count). The topological polar surface area (TPSA) is 55.6 Å². The van der Waals surface area contributed by atoms with Crippen LogP contribution in [0.4, 0.5) is 0 Å². The number of piperidine rings is 1. The number of carbonyl (C=O) groups is 1. The number of nitrogens with two attached hydrogens (primary N) is 1. The zero-order valence-corrected chi connectivity index (χ0v) is 12.9. The molecule has 1 saturated carbocycles. The van der Waals surface area contributed by atoms with Crippen molar-refractivity contribution in [2.75, 3.05) is 33.4 Å². The first kappa shape index (κ1) is 15.8. The van der Waals surface area contributed by atoms with E-state index in [2.05, 4.69) is 4.90 Å². The van der Waals surface area contributed by atoms with Crippen molar-refractivity contribution in [1.82, 2.24) is 4.90 Å². The monoisotopic (exact) mass is 282 g/mol. The van der Waals surface area contributed by atoms with Crippen molar-refractivity contribution in [2.45, 2.75) is 51.4 Å². The van der Waals surface area contributed by atoms with Gasteiger partial charge in [0, 0.05) is 26.7 Å². The van der Waals surface area contributed by atoms with Crippen LogP contribution in [0.2, 0.25) is 0 Å².